The van der Waals surface area contributed by atoms with Gasteiger partial charge in [0.15, 0.2) is 0 Å². The summed E-state index contributed by atoms with van der Waals surface area (Å²) in [6.07, 6.45) is 1.62. The summed E-state index contributed by atoms with van der Waals surface area (Å²) in [5, 5.41) is 7.65. The van der Waals surface area contributed by atoms with E-state index in [1.165, 1.54) is 0 Å². The van der Waals surface area contributed by atoms with Crippen molar-refractivity contribution in [3.8, 4) is 0 Å². The molecule has 2 N–H and O–H groups in total. The molecule has 2 aromatic rings. The Labute approximate surface area is 135 Å². The van der Waals surface area contributed by atoms with Gasteiger partial charge in [-0.2, -0.15) is 5.10 Å². The second kappa shape index (κ2) is 7.61. The van der Waals surface area contributed by atoms with E-state index < -0.39 is 0 Å². The highest BCUT2D eigenvalue weighted by atomic mass is 35.5. The zero-order valence-corrected chi connectivity index (χ0v) is 13.3. The molecule has 0 aliphatic carbocycles. The minimum Gasteiger partial charge on any atom is -0.376 e. The predicted octanol–water partition coefficient (Wildman–Crippen LogP) is 3.52. The smallest absolute Gasteiger partial charge is 0.259 e. The van der Waals surface area contributed by atoms with Gasteiger partial charge in [-0.15, -0.1) is 0 Å². The molecule has 0 saturated heterocycles. The maximum absolute atomic E-state index is 11.7. The van der Waals surface area contributed by atoms with Crippen molar-refractivity contribution in [2.45, 2.75) is 13.8 Å². The number of halogens is 1. The Morgan fingerprint density at radius 2 is 2.00 bits per heavy atom. The molecule has 1 amide bonds. The maximum Gasteiger partial charge on any atom is 0.259 e. The molecule has 0 saturated carbocycles. The van der Waals surface area contributed by atoms with Gasteiger partial charge in [0.05, 0.1) is 12.8 Å². The van der Waals surface area contributed by atoms with Crippen LogP contribution < -0.4 is 10.7 Å². The SMILES string of the molecule is Cc1cccc(C=NNC(=O)CNc2cccc(Cl)c2C)c1. The van der Waals surface area contributed by atoms with Gasteiger partial charge >= 0.3 is 0 Å². The first-order chi connectivity index (χ1) is 10.6. The van der Waals surface area contributed by atoms with Crippen LogP contribution in [0.3, 0.4) is 0 Å². The second-order valence-electron chi connectivity index (χ2n) is 4.97. The quantitative estimate of drug-likeness (QED) is 0.655. The van der Waals surface area contributed by atoms with Gasteiger partial charge in [0, 0.05) is 10.7 Å². The topological polar surface area (TPSA) is 53.5 Å². The van der Waals surface area contributed by atoms with Gasteiger partial charge in [-0.05, 0) is 37.1 Å². The standard InChI is InChI=1S/C17H18ClN3O/c1-12-5-3-6-14(9-12)10-20-21-17(22)11-19-16-8-4-7-15(18)13(16)2/h3-10,19H,11H2,1-2H3,(H,21,22). The number of hydrogen-bond donors (Lipinski definition) is 2. The molecule has 0 atom stereocenters. The fourth-order valence-corrected chi connectivity index (χ4v) is 2.12. The summed E-state index contributed by atoms with van der Waals surface area (Å²) in [5.41, 5.74) is 6.34. The normalized spacial score (nSPS) is 10.7. The third-order valence-electron chi connectivity index (χ3n) is 3.15. The van der Waals surface area contributed by atoms with Crippen molar-refractivity contribution in [3.05, 3.63) is 64.2 Å². The number of aryl methyl sites for hydroxylation is 1. The average molecular weight is 316 g/mol. The number of amides is 1. The lowest BCUT2D eigenvalue weighted by Gasteiger charge is -2.09. The van der Waals surface area contributed by atoms with Crippen LogP contribution in [0.25, 0.3) is 0 Å². The minimum absolute atomic E-state index is 0.131. The molecule has 22 heavy (non-hydrogen) atoms. The van der Waals surface area contributed by atoms with Crippen LogP contribution >= 0.6 is 11.6 Å². The number of hydrazone groups is 1. The Kier molecular flexibility index (Phi) is 5.55. The maximum atomic E-state index is 11.7. The van der Waals surface area contributed by atoms with Crippen molar-refractivity contribution in [2.75, 3.05) is 11.9 Å². The highest BCUT2D eigenvalue weighted by Gasteiger charge is 2.04. The number of nitrogens with zero attached hydrogens (tertiary/aromatic N) is 1. The summed E-state index contributed by atoms with van der Waals surface area (Å²) in [7, 11) is 0. The Balaban J connectivity index is 1.84. The van der Waals surface area contributed by atoms with Crippen LogP contribution in [0.2, 0.25) is 5.02 Å². The van der Waals surface area contributed by atoms with Crippen LogP contribution in [0.4, 0.5) is 5.69 Å². The Hall–Kier alpha value is -2.33. The van der Waals surface area contributed by atoms with Gasteiger partial charge in [-0.3, -0.25) is 4.79 Å². The lowest BCUT2D eigenvalue weighted by atomic mass is 10.2. The van der Waals surface area contributed by atoms with E-state index in [0.29, 0.717) is 5.02 Å². The van der Waals surface area contributed by atoms with Crippen molar-refractivity contribution in [1.29, 1.82) is 0 Å². The Morgan fingerprint density at radius 3 is 2.77 bits per heavy atom. The van der Waals surface area contributed by atoms with Gasteiger partial charge in [0.1, 0.15) is 0 Å². The number of carbonyl (C=O) groups is 1. The lowest BCUT2D eigenvalue weighted by molar-refractivity contribution is -0.119. The third-order valence-corrected chi connectivity index (χ3v) is 3.56. The van der Waals surface area contributed by atoms with Gasteiger partial charge in [0.2, 0.25) is 0 Å². The third kappa shape index (κ3) is 4.60. The molecule has 0 aliphatic rings. The summed E-state index contributed by atoms with van der Waals surface area (Å²) in [6, 6.07) is 13.4. The molecule has 114 valence electrons. The molecule has 0 unspecified atom stereocenters. The molecule has 4 nitrogen and oxygen atoms in total. The number of hydrogen-bond acceptors (Lipinski definition) is 3. The molecule has 0 fully saturated rings. The highest BCUT2D eigenvalue weighted by Crippen LogP contribution is 2.22. The van der Waals surface area contributed by atoms with E-state index in [1.54, 1.807) is 6.21 Å². The number of nitrogens with one attached hydrogen (secondary N) is 2. The van der Waals surface area contributed by atoms with Crippen molar-refractivity contribution in [3.63, 3.8) is 0 Å². The van der Waals surface area contributed by atoms with Crippen LogP contribution in [0.15, 0.2) is 47.6 Å². The molecule has 2 aromatic carbocycles. The fraction of sp³-hybridized carbons (Fsp3) is 0.176. The van der Waals surface area contributed by atoms with E-state index in [-0.39, 0.29) is 12.5 Å². The van der Waals surface area contributed by atoms with Crippen molar-refractivity contribution >= 4 is 29.4 Å². The van der Waals surface area contributed by atoms with E-state index in [4.69, 9.17) is 11.6 Å². The van der Waals surface area contributed by atoms with E-state index in [2.05, 4.69) is 15.8 Å². The van der Waals surface area contributed by atoms with Crippen molar-refractivity contribution in [2.24, 2.45) is 5.10 Å². The second-order valence-corrected chi connectivity index (χ2v) is 5.38. The molecule has 0 heterocycles. The molecular formula is C17H18ClN3O. The minimum atomic E-state index is -0.219. The molecule has 0 spiro atoms. The zero-order valence-electron chi connectivity index (χ0n) is 12.6. The van der Waals surface area contributed by atoms with E-state index in [0.717, 1.165) is 22.4 Å². The predicted molar refractivity (Wildman–Crippen MR) is 91.6 cm³/mol. The van der Waals surface area contributed by atoms with Gasteiger partial charge < -0.3 is 5.32 Å². The van der Waals surface area contributed by atoms with Crippen LogP contribution in [0, 0.1) is 13.8 Å². The summed E-state index contributed by atoms with van der Waals surface area (Å²) < 4.78 is 0. The first-order valence-electron chi connectivity index (χ1n) is 6.94. The summed E-state index contributed by atoms with van der Waals surface area (Å²) in [4.78, 5) is 11.7. The largest absolute Gasteiger partial charge is 0.376 e. The number of carbonyl (C=O) groups excluding carboxylic acids is 1. The van der Waals surface area contributed by atoms with Crippen LogP contribution in [0.5, 0.6) is 0 Å². The molecular weight excluding hydrogens is 298 g/mol. The Morgan fingerprint density at radius 1 is 1.23 bits per heavy atom. The number of rotatable bonds is 5. The van der Waals surface area contributed by atoms with Gasteiger partial charge in [-0.25, -0.2) is 5.43 Å². The number of anilines is 1. The van der Waals surface area contributed by atoms with Crippen LogP contribution in [-0.4, -0.2) is 18.7 Å². The van der Waals surface area contributed by atoms with E-state index in [1.807, 2.05) is 56.3 Å². The van der Waals surface area contributed by atoms with Crippen LogP contribution in [0.1, 0.15) is 16.7 Å². The summed E-state index contributed by atoms with van der Waals surface area (Å²) in [5.74, 6) is -0.219. The lowest BCUT2D eigenvalue weighted by Crippen LogP contribution is -2.26. The number of benzene rings is 2. The molecule has 0 aromatic heterocycles. The monoisotopic (exact) mass is 315 g/mol. The van der Waals surface area contributed by atoms with Gasteiger partial charge in [-0.1, -0.05) is 47.5 Å². The molecule has 0 bridgehead atoms. The molecule has 0 radical (unpaired) electrons. The molecule has 5 heteroatoms. The summed E-state index contributed by atoms with van der Waals surface area (Å²) in [6.45, 7) is 4.04. The summed E-state index contributed by atoms with van der Waals surface area (Å²) >= 11 is 6.03. The first-order valence-corrected chi connectivity index (χ1v) is 7.31. The average Bonchev–Trinajstić information content (AvgIpc) is 2.49. The van der Waals surface area contributed by atoms with Crippen molar-refractivity contribution in [1.82, 2.24) is 5.43 Å². The molecule has 0 aliphatic heterocycles. The molecule has 2 rings (SSSR count). The van der Waals surface area contributed by atoms with Crippen LogP contribution in [-0.2, 0) is 4.79 Å². The fourth-order valence-electron chi connectivity index (χ4n) is 1.94. The highest BCUT2D eigenvalue weighted by molar-refractivity contribution is 6.31. The van der Waals surface area contributed by atoms with Crippen molar-refractivity contribution < 1.29 is 4.79 Å². The van der Waals surface area contributed by atoms with E-state index in [9.17, 15) is 4.79 Å². The zero-order chi connectivity index (χ0) is 15.9. The first kappa shape index (κ1) is 16.0. The van der Waals surface area contributed by atoms with Gasteiger partial charge in [0.25, 0.3) is 5.91 Å². The van der Waals surface area contributed by atoms with E-state index >= 15 is 0 Å². The Bertz CT molecular complexity index is 698.